The topological polar surface area (TPSA) is 28.2 Å². The van der Waals surface area contributed by atoms with Gasteiger partial charge in [-0.25, -0.2) is 0 Å². The Bertz CT molecular complexity index is 585. The van der Waals surface area contributed by atoms with Gasteiger partial charge in [-0.05, 0) is 77.0 Å². The maximum atomic E-state index is 4.41. The Morgan fingerprint density at radius 3 is 1.67 bits per heavy atom. The minimum absolute atomic E-state index is 0.779. The third-order valence-corrected chi connectivity index (χ3v) is 4.97. The highest BCUT2D eigenvalue weighted by atomic mass is 15.1. The lowest BCUT2D eigenvalue weighted by Crippen LogP contribution is -2.39. The molecule has 0 radical (unpaired) electrons. The molecule has 2 aromatic rings. The Hall–Kier alpha value is -1.71. The SMILES string of the molecule is CCC.CCc1cccc(CC)n1.CCc1ccccc1.CNC1CCN(C)CC1. The van der Waals surface area contributed by atoms with Crippen molar-refractivity contribution >= 4 is 0 Å². The smallest absolute Gasteiger partial charge is 0.0404 e. The zero-order chi connectivity index (χ0) is 22.6. The zero-order valence-electron chi connectivity index (χ0n) is 20.7. The molecule has 2 heterocycles. The molecule has 3 heteroatoms. The van der Waals surface area contributed by atoms with Crippen molar-refractivity contribution in [3.63, 3.8) is 0 Å². The Morgan fingerprint density at radius 2 is 1.30 bits per heavy atom. The zero-order valence-corrected chi connectivity index (χ0v) is 20.7. The second-order valence-electron chi connectivity index (χ2n) is 7.74. The second-order valence-corrected chi connectivity index (χ2v) is 7.74. The van der Waals surface area contributed by atoms with E-state index in [2.05, 4.69) is 106 Å². The molecule has 0 amide bonds. The molecule has 1 saturated heterocycles. The van der Waals surface area contributed by atoms with Gasteiger partial charge in [-0.15, -0.1) is 0 Å². The summed E-state index contributed by atoms with van der Waals surface area (Å²) in [6.07, 6.45) is 7.09. The van der Waals surface area contributed by atoms with Crippen LogP contribution in [0.25, 0.3) is 0 Å². The predicted molar refractivity (Wildman–Crippen MR) is 134 cm³/mol. The monoisotopic (exact) mass is 413 g/mol. The number of benzene rings is 1. The molecule has 1 fully saturated rings. The van der Waals surface area contributed by atoms with Crippen molar-refractivity contribution in [1.29, 1.82) is 0 Å². The van der Waals surface area contributed by atoms with Gasteiger partial charge in [0.1, 0.15) is 0 Å². The summed E-state index contributed by atoms with van der Waals surface area (Å²) in [5.41, 5.74) is 3.80. The molecule has 0 saturated carbocycles. The highest BCUT2D eigenvalue weighted by Crippen LogP contribution is 2.06. The first kappa shape index (κ1) is 28.3. The molecular weight excluding hydrogens is 366 g/mol. The van der Waals surface area contributed by atoms with Gasteiger partial charge in [-0.1, -0.05) is 77.4 Å². The Balaban J connectivity index is 0.000000396. The van der Waals surface area contributed by atoms with Crippen molar-refractivity contribution < 1.29 is 0 Å². The maximum absolute atomic E-state index is 4.41. The van der Waals surface area contributed by atoms with Crippen LogP contribution in [-0.4, -0.2) is 43.1 Å². The average Bonchev–Trinajstić information content (AvgIpc) is 2.81. The van der Waals surface area contributed by atoms with Crippen LogP contribution in [0.15, 0.2) is 48.5 Å². The van der Waals surface area contributed by atoms with Crippen LogP contribution in [0, 0.1) is 0 Å². The van der Waals surface area contributed by atoms with Crippen molar-refractivity contribution in [2.75, 3.05) is 27.2 Å². The van der Waals surface area contributed by atoms with Gasteiger partial charge in [0.25, 0.3) is 0 Å². The number of piperidine rings is 1. The van der Waals surface area contributed by atoms with Crippen LogP contribution in [0.1, 0.15) is 70.8 Å². The highest BCUT2D eigenvalue weighted by Gasteiger charge is 2.13. The molecule has 0 bridgehead atoms. The standard InChI is InChI=1S/C9H13N.C8H10.C7H16N2.C3H8/c1-3-8-6-5-7-9(4-2)10-8;1-2-8-6-4-3-5-7-8;1-8-7-3-5-9(2)6-4-7;1-3-2/h5-7H,3-4H2,1-2H3;3-7H,2H2,1H3;7-8H,3-6H2,1-2H3;3H2,1-2H3. The van der Waals surface area contributed by atoms with Crippen molar-refractivity contribution in [3.05, 3.63) is 65.5 Å². The molecule has 0 spiro atoms. The molecule has 3 nitrogen and oxygen atoms in total. The van der Waals surface area contributed by atoms with E-state index in [-0.39, 0.29) is 0 Å². The van der Waals surface area contributed by atoms with Crippen LogP contribution in [0.4, 0.5) is 0 Å². The number of nitrogens with one attached hydrogen (secondary N) is 1. The fourth-order valence-corrected chi connectivity index (χ4v) is 2.93. The number of likely N-dealkylation sites (tertiary alicyclic amines) is 1. The molecule has 0 aliphatic carbocycles. The first-order chi connectivity index (χ1) is 14.5. The number of aryl methyl sites for hydroxylation is 3. The van der Waals surface area contributed by atoms with Crippen LogP contribution in [0.2, 0.25) is 0 Å². The largest absolute Gasteiger partial charge is 0.317 e. The Morgan fingerprint density at radius 1 is 0.800 bits per heavy atom. The third-order valence-electron chi connectivity index (χ3n) is 4.97. The third kappa shape index (κ3) is 14.3. The molecule has 0 atom stereocenters. The van der Waals surface area contributed by atoms with Crippen molar-refractivity contribution in [2.45, 2.75) is 79.2 Å². The molecular formula is C27H47N3. The van der Waals surface area contributed by atoms with Gasteiger partial charge in [0.15, 0.2) is 0 Å². The van der Waals surface area contributed by atoms with Gasteiger partial charge in [0.05, 0.1) is 0 Å². The highest BCUT2D eigenvalue weighted by molar-refractivity contribution is 5.14. The van der Waals surface area contributed by atoms with Crippen molar-refractivity contribution in [1.82, 2.24) is 15.2 Å². The molecule has 3 rings (SSSR count). The van der Waals surface area contributed by atoms with Gasteiger partial charge in [-0.3, -0.25) is 4.98 Å². The van der Waals surface area contributed by atoms with E-state index < -0.39 is 0 Å². The summed E-state index contributed by atoms with van der Waals surface area (Å²) in [5, 5.41) is 3.30. The first-order valence-electron chi connectivity index (χ1n) is 11.9. The minimum atomic E-state index is 0.779. The van der Waals surface area contributed by atoms with E-state index in [0.29, 0.717) is 0 Å². The quantitative estimate of drug-likeness (QED) is 0.649. The molecule has 1 aromatic carbocycles. The van der Waals surface area contributed by atoms with Crippen LogP contribution in [0.5, 0.6) is 0 Å². The molecule has 1 N–H and O–H groups in total. The average molecular weight is 414 g/mol. The van der Waals surface area contributed by atoms with Crippen molar-refractivity contribution in [3.8, 4) is 0 Å². The summed E-state index contributed by atoms with van der Waals surface area (Å²) in [7, 11) is 4.24. The lowest BCUT2D eigenvalue weighted by Gasteiger charge is -2.28. The van der Waals surface area contributed by atoms with E-state index in [0.717, 1.165) is 25.3 Å². The fraction of sp³-hybridized carbons (Fsp3) is 0.593. The van der Waals surface area contributed by atoms with E-state index in [9.17, 15) is 0 Å². The molecule has 1 aliphatic rings. The van der Waals surface area contributed by atoms with Gasteiger partial charge < -0.3 is 10.2 Å². The Kier molecular flexibility index (Phi) is 18.2. The lowest BCUT2D eigenvalue weighted by atomic mass is 10.1. The van der Waals surface area contributed by atoms with Crippen LogP contribution in [0.3, 0.4) is 0 Å². The van der Waals surface area contributed by atoms with Crippen LogP contribution >= 0.6 is 0 Å². The number of nitrogens with zero attached hydrogens (tertiary/aromatic N) is 2. The Labute approximate surface area is 187 Å². The summed E-state index contributed by atoms with van der Waals surface area (Å²) >= 11 is 0. The number of pyridine rings is 1. The van der Waals surface area contributed by atoms with E-state index >= 15 is 0 Å². The summed E-state index contributed by atoms with van der Waals surface area (Å²) in [5.74, 6) is 0. The maximum Gasteiger partial charge on any atom is 0.0404 e. The van der Waals surface area contributed by atoms with Gasteiger partial charge >= 0.3 is 0 Å². The summed E-state index contributed by atoms with van der Waals surface area (Å²) in [6, 6.07) is 17.4. The minimum Gasteiger partial charge on any atom is -0.317 e. The molecule has 1 aromatic heterocycles. The van der Waals surface area contributed by atoms with Crippen LogP contribution in [-0.2, 0) is 19.3 Å². The summed E-state index contributed by atoms with van der Waals surface area (Å²) in [4.78, 5) is 6.79. The normalized spacial score (nSPS) is 13.7. The molecule has 0 unspecified atom stereocenters. The van der Waals surface area contributed by atoms with E-state index in [1.54, 1.807) is 0 Å². The van der Waals surface area contributed by atoms with Gasteiger partial charge in [0.2, 0.25) is 0 Å². The molecule has 170 valence electrons. The number of hydrogen-bond acceptors (Lipinski definition) is 3. The molecule has 1 aliphatic heterocycles. The van der Waals surface area contributed by atoms with Gasteiger partial charge in [-0.2, -0.15) is 0 Å². The van der Waals surface area contributed by atoms with E-state index in [1.165, 1.54) is 49.3 Å². The predicted octanol–water partition coefficient (Wildman–Crippen LogP) is 6.17. The lowest BCUT2D eigenvalue weighted by molar-refractivity contribution is 0.240. The second kappa shape index (κ2) is 19.3. The summed E-state index contributed by atoms with van der Waals surface area (Å²) in [6.45, 7) is 13.2. The van der Waals surface area contributed by atoms with Crippen LogP contribution < -0.4 is 5.32 Å². The van der Waals surface area contributed by atoms with Gasteiger partial charge in [0, 0.05) is 17.4 Å². The number of hydrogen-bond donors (Lipinski definition) is 1. The number of aromatic nitrogens is 1. The molecule has 30 heavy (non-hydrogen) atoms. The van der Waals surface area contributed by atoms with E-state index in [4.69, 9.17) is 0 Å². The fourth-order valence-electron chi connectivity index (χ4n) is 2.93. The first-order valence-corrected chi connectivity index (χ1v) is 11.9. The number of rotatable bonds is 4. The van der Waals surface area contributed by atoms with E-state index in [1.807, 2.05) is 6.07 Å². The summed E-state index contributed by atoms with van der Waals surface area (Å²) < 4.78 is 0. The van der Waals surface area contributed by atoms with Crippen molar-refractivity contribution in [2.24, 2.45) is 0 Å².